The first-order chi connectivity index (χ1) is 6.09. The van der Waals surface area contributed by atoms with Crippen LogP contribution >= 0.6 is 0 Å². The van der Waals surface area contributed by atoms with Crippen molar-refractivity contribution in [3.8, 4) is 0 Å². The van der Waals surface area contributed by atoms with Crippen LogP contribution in [0.5, 0.6) is 0 Å². The molecule has 0 saturated carbocycles. The first-order valence-corrected chi connectivity index (χ1v) is 4.67. The fourth-order valence-electron chi connectivity index (χ4n) is 1.20. The smallest absolute Gasteiger partial charge is 0.220 e. The molecule has 0 atom stereocenters. The lowest BCUT2D eigenvalue weighted by Gasteiger charge is -2.06. The highest BCUT2D eigenvalue weighted by Crippen LogP contribution is 2.11. The van der Waals surface area contributed by atoms with Gasteiger partial charge in [-0.3, -0.25) is 0 Å². The van der Waals surface area contributed by atoms with Crippen molar-refractivity contribution < 1.29 is 0 Å². The highest BCUT2D eigenvalue weighted by atomic mass is 15.0. The molecule has 2 N–H and O–H groups in total. The van der Waals surface area contributed by atoms with Crippen LogP contribution in [-0.2, 0) is 6.42 Å². The number of anilines is 1. The average Bonchev–Trinajstić information content (AvgIpc) is 2.02. The topological polar surface area (TPSA) is 51.8 Å². The zero-order chi connectivity index (χ0) is 9.84. The summed E-state index contributed by atoms with van der Waals surface area (Å²) in [6.45, 7) is 6.41. The van der Waals surface area contributed by atoms with Gasteiger partial charge in [0.2, 0.25) is 5.95 Å². The molecule has 0 spiro atoms. The number of hydrogen-bond acceptors (Lipinski definition) is 3. The van der Waals surface area contributed by atoms with Crippen molar-refractivity contribution in [1.29, 1.82) is 0 Å². The van der Waals surface area contributed by atoms with Crippen LogP contribution in [0.15, 0.2) is 6.20 Å². The van der Waals surface area contributed by atoms with Gasteiger partial charge in [0.1, 0.15) is 0 Å². The monoisotopic (exact) mass is 179 g/mol. The van der Waals surface area contributed by atoms with Gasteiger partial charge in [0.05, 0.1) is 0 Å². The molecule has 0 fully saturated rings. The lowest BCUT2D eigenvalue weighted by molar-refractivity contribution is 0.584. The molecule has 1 aromatic heterocycles. The van der Waals surface area contributed by atoms with Crippen LogP contribution in [0.3, 0.4) is 0 Å². The van der Waals surface area contributed by atoms with Crippen molar-refractivity contribution in [3.63, 3.8) is 0 Å². The van der Waals surface area contributed by atoms with Crippen molar-refractivity contribution >= 4 is 5.95 Å². The van der Waals surface area contributed by atoms with E-state index in [2.05, 4.69) is 23.8 Å². The summed E-state index contributed by atoms with van der Waals surface area (Å²) in [5.74, 6) is 1.09. The third kappa shape index (κ3) is 3.01. The SMILES string of the molecule is Cc1nc(N)ncc1CCC(C)C. The van der Waals surface area contributed by atoms with E-state index < -0.39 is 0 Å². The Hall–Kier alpha value is -1.12. The van der Waals surface area contributed by atoms with Gasteiger partial charge in [0.15, 0.2) is 0 Å². The van der Waals surface area contributed by atoms with Gasteiger partial charge in [-0.05, 0) is 31.2 Å². The van der Waals surface area contributed by atoms with Crippen molar-refractivity contribution in [2.24, 2.45) is 5.92 Å². The van der Waals surface area contributed by atoms with E-state index >= 15 is 0 Å². The Morgan fingerprint density at radius 2 is 2.15 bits per heavy atom. The van der Waals surface area contributed by atoms with Gasteiger partial charge in [-0.2, -0.15) is 0 Å². The normalized spacial score (nSPS) is 10.8. The van der Waals surface area contributed by atoms with Crippen molar-refractivity contribution in [3.05, 3.63) is 17.5 Å². The van der Waals surface area contributed by atoms with Crippen LogP contribution in [0.4, 0.5) is 5.95 Å². The fraction of sp³-hybridized carbons (Fsp3) is 0.600. The second kappa shape index (κ2) is 4.21. The highest BCUT2D eigenvalue weighted by Gasteiger charge is 2.02. The predicted octanol–water partition coefficient (Wildman–Crippen LogP) is 1.96. The summed E-state index contributed by atoms with van der Waals surface area (Å²) in [4.78, 5) is 8.10. The molecule has 1 heterocycles. The van der Waals surface area contributed by atoms with Gasteiger partial charge in [-0.25, -0.2) is 9.97 Å². The molecule has 0 saturated heterocycles. The van der Waals surface area contributed by atoms with Crippen molar-refractivity contribution in [1.82, 2.24) is 9.97 Å². The Labute approximate surface area is 79.4 Å². The van der Waals surface area contributed by atoms with Gasteiger partial charge >= 0.3 is 0 Å². The lowest BCUT2D eigenvalue weighted by atomic mass is 10.0. The zero-order valence-corrected chi connectivity index (χ0v) is 8.54. The molecule has 3 heteroatoms. The zero-order valence-electron chi connectivity index (χ0n) is 8.54. The standard InChI is InChI=1S/C10H17N3/c1-7(2)4-5-9-6-12-10(11)13-8(9)3/h6-7H,4-5H2,1-3H3,(H2,11,12,13). The van der Waals surface area contributed by atoms with Crippen molar-refractivity contribution in [2.45, 2.75) is 33.6 Å². The van der Waals surface area contributed by atoms with Crippen LogP contribution in [0, 0.1) is 12.8 Å². The number of nitrogens with two attached hydrogens (primary N) is 1. The summed E-state index contributed by atoms with van der Waals surface area (Å²) in [5.41, 5.74) is 7.68. The number of nitrogen functional groups attached to an aromatic ring is 1. The number of aromatic nitrogens is 2. The van der Waals surface area contributed by atoms with Gasteiger partial charge in [0.25, 0.3) is 0 Å². The Balaban J connectivity index is 2.67. The first-order valence-electron chi connectivity index (χ1n) is 4.67. The minimum absolute atomic E-state index is 0.366. The van der Waals surface area contributed by atoms with E-state index in [4.69, 9.17) is 5.73 Å². The molecule has 0 aliphatic carbocycles. The Morgan fingerprint density at radius 1 is 1.46 bits per heavy atom. The van der Waals surface area contributed by atoms with E-state index in [0.717, 1.165) is 18.0 Å². The fourth-order valence-corrected chi connectivity index (χ4v) is 1.20. The first kappa shape index (κ1) is 9.96. The molecule has 72 valence electrons. The molecule has 1 aromatic rings. The van der Waals surface area contributed by atoms with E-state index in [0.29, 0.717) is 5.95 Å². The maximum Gasteiger partial charge on any atom is 0.220 e. The maximum atomic E-state index is 5.46. The maximum absolute atomic E-state index is 5.46. The van der Waals surface area contributed by atoms with Crippen LogP contribution in [0.1, 0.15) is 31.5 Å². The quantitative estimate of drug-likeness (QED) is 0.771. The molecule has 0 radical (unpaired) electrons. The van der Waals surface area contributed by atoms with E-state index in [1.54, 1.807) is 0 Å². The summed E-state index contributed by atoms with van der Waals surface area (Å²) in [6.07, 6.45) is 4.05. The lowest BCUT2D eigenvalue weighted by Crippen LogP contribution is -2.01. The highest BCUT2D eigenvalue weighted by molar-refractivity contribution is 5.24. The van der Waals surface area contributed by atoms with Gasteiger partial charge in [-0.1, -0.05) is 13.8 Å². The molecule has 0 aliphatic heterocycles. The third-order valence-electron chi connectivity index (χ3n) is 2.09. The van der Waals surface area contributed by atoms with Crippen LogP contribution in [0.2, 0.25) is 0 Å². The Kier molecular flexibility index (Phi) is 3.23. The van der Waals surface area contributed by atoms with Gasteiger partial charge < -0.3 is 5.73 Å². The Bertz CT molecular complexity index is 281. The summed E-state index contributed by atoms with van der Waals surface area (Å²) in [6, 6.07) is 0. The summed E-state index contributed by atoms with van der Waals surface area (Å²) in [7, 11) is 0. The molecule has 0 unspecified atom stereocenters. The van der Waals surface area contributed by atoms with Crippen LogP contribution < -0.4 is 5.73 Å². The van der Waals surface area contributed by atoms with Crippen LogP contribution in [-0.4, -0.2) is 9.97 Å². The largest absolute Gasteiger partial charge is 0.368 e. The average molecular weight is 179 g/mol. The minimum atomic E-state index is 0.366. The molecule has 1 rings (SSSR count). The number of hydrogen-bond donors (Lipinski definition) is 1. The molecule has 0 bridgehead atoms. The van der Waals surface area contributed by atoms with Gasteiger partial charge in [0, 0.05) is 11.9 Å². The van der Waals surface area contributed by atoms with Crippen LogP contribution in [0.25, 0.3) is 0 Å². The van der Waals surface area contributed by atoms with Gasteiger partial charge in [-0.15, -0.1) is 0 Å². The van der Waals surface area contributed by atoms with E-state index in [1.807, 2.05) is 13.1 Å². The molecule has 0 amide bonds. The number of nitrogens with zero attached hydrogens (tertiary/aromatic N) is 2. The molecule has 0 aromatic carbocycles. The summed E-state index contributed by atoms with van der Waals surface area (Å²) < 4.78 is 0. The second-order valence-electron chi connectivity index (χ2n) is 3.77. The predicted molar refractivity (Wildman–Crippen MR) is 54.3 cm³/mol. The molecule has 13 heavy (non-hydrogen) atoms. The second-order valence-corrected chi connectivity index (χ2v) is 3.77. The summed E-state index contributed by atoms with van der Waals surface area (Å²) in [5, 5.41) is 0. The summed E-state index contributed by atoms with van der Waals surface area (Å²) >= 11 is 0. The minimum Gasteiger partial charge on any atom is -0.368 e. The Morgan fingerprint density at radius 3 is 2.69 bits per heavy atom. The number of aryl methyl sites for hydroxylation is 2. The van der Waals surface area contributed by atoms with E-state index in [-0.39, 0.29) is 0 Å². The molecule has 3 nitrogen and oxygen atoms in total. The van der Waals surface area contributed by atoms with E-state index in [1.165, 1.54) is 12.0 Å². The number of rotatable bonds is 3. The van der Waals surface area contributed by atoms with E-state index in [9.17, 15) is 0 Å². The molecular weight excluding hydrogens is 162 g/mol. The van der Waals surface area contributed by atoms with Crippen molar-refractivity contribution in [2.75, 3.05) is 5.73 Å². The third-order valence-corrected chi connectivity index (χ3v) is 2.09. The molecule has 0 aliphatic rings. The molecular formula is C10H17N3.